The number of ether oxygens (including phenoxy) is 2. The molecule has 1 unspecified atom stereocenters. The second-order valence-electron chi connectivity index (χ2n) is 2.99. The lowest BCUT2D eigenvalue weighted by atomic mass is 10.0. The van der Waals surface area contributed by atoms with Crippen molar-refractivity contribution in [2.45, 2.75) is 13.8 Å². The highest BCUT2D eigenvalue weighted by atomic mass is 16.5. The van der Waals surface area contributed by atoms with Crippen molar-refractivity contribution in [1.29, 1.82) is 0 Å². The molecule has 3 heteroatoms. The van der Waals surface area contributed by atoms with Crippen LogP contribution in [0.3, 0.4) is 0 Å². The largest absolute Gasteiger partial charge is 0.465 e. The van der Waals surface area contributed by atoms with Crippen LogP contribution in [-0.4, -0.2) is 25.8 Å². The van der Waals surface area contributed by atoms with Crippen molar-refractivity contribution in [1.82, 2.24) is 0 Å². The van der Waals surface area contributed by atoms with E-state index in [9.17, 15) is 4.79 Å². The quantitative estimate of drug-likeness (QED) is 0.460. The van der Waals surface area contributed by atoms with Gasteiger partial charge in [-0.2, -0.15) is 0 Å². The molecular weight excluding hydrogens is 156 g/mol. The molecule has 0 spiro atoms. The molecule has 0 amide bonds. The molecule has 68 valence electrons. The van der Waals surface area contributed by atoms with Gasteiger partial charge in [0.2, 0.25) is 0 Å². The molecule has 0 radical (unpaired) electrons. The van der Waals surface area contributed by atoms with Gasteiger partial charge in [0.25, 0.3) is 0 Å². The Hall–Kier alpha value is -0.830. The Labute approximate surface area is 72.4 Å². The Balaban J connectivity index is 2.35. The third kappa shape index (κ3) is 2.66. The summed E-state index contributed by atoms with van der Waals surface area (Å²) < 4.78 is 10.1. The molecule has 1 aliphatic heterocycles. The monoisotopic (exact) mass is 170 g/mol. The number of carbonyl (C=O) groups is 1. The van der Waals surface area contributed by atoms with E-state index in [0.717, 1.165) is 0 Å². The van der Waals surface area contributed by atoms with Crippen LogP contribution in [0.2, 0.25) is 0 Å². The van der Waals surface area contributed by atoms with Gasteiger partial charge in [-0.1, -0.05) is 11.6 Å². The van der Waals surface area contributed by atoms with E-state index < -0.39 is 0 Å². The van der Waals surface area contributed by atoms with Gasteiger partial charge in [0.1, 0.15) is 0 Å². The number of rotatable bonds is 2. The molecule has 0 aliphatic carbocycles. The maximum absolute atomic E-state index is 10.5. The zero-order valence-corrected chi connectivity index (χ0v) is 7.50. The maximum atomic E-state index is 10.5. The summed E-state index contributed by atoms with van der Waals surface area (Å²) in [5.74, 6) is 0.0241. The Kier molecular flexibility index (Phi) is 3.29. The number of carbonyl (C=O) groups excluding carboxylic acids is 1. The topological polar surface area (TPSA) is 35.5 Å². The molecule has 0 saturated heterocycles. The highest BCUT2D eigenvalue weighted by Crippen LogP contribution is 2.15. The summed E-state index contributed by atoms with van der Waals surface area (Å²) >= 11 is 0. The molecule has 0 aromatic carbocycles. The molecule has 1 heterocycles. The zero-order chi connectivity index (χ0) is 8.97. The highest BCUT2D eigenvalue weighted by Gasteiger charge is 2.15. The van der Waals surface area contributed by atoms with E-state index in [1.807, 2.05) is 13.0 Å². The molecule has 0 bridgehead atoms. The van der Waals surface area contributed by atoms with Gasteiger partial charge in [-0.25, -0.2) is 0 Å². The summed E-state index contributed by atoms with van der Waals surface area (Å²) in [5.41, 5.74) is 1.25. The normalized spacial score (nSPS) is 23.2. The lowest BCUT2D eigenvalue weighted by Crippen LogP contribution is -2.22. The van der Waals surface area contributed by atoms with E-state index in [2.05, 4.69) is 0 Å². The van der Waals surface area contributed by atoms with E-state index in [4.69, 9.17) is 9.47 Å². The van der Waals surface area contributed by atoms with Crippen LogP contribution >= 0.6 is 0 Å². The van der Waals surface area contributed by atoms with Crippen molar-refractivity contribution in [2.75, 3.05) is 19.8 Å². The summed E-state index contributed by atoms with van der Waals surface area (Å²) in [6, 6.07) is 0. The third-order valence-corrected chi connectivity index (χ3v) is 1.97. The van der Waals surface area contributed by atoms with Gasteiger partial charge in [-0.05, 0) is 6.92 Å². The fourth-order valence-electron chi connectivity index (χ4n) is 1.10. The molecule has 0 saturated carbocycles. The number of esters is 1. The molecule has 12 heavy (non-hydrogen) atoms. The number of hydrogen-bond donors (Lipinski definition) is 0. The van der Waals surface area contributed by atoms with Gasteiger partial charge in [-0.15, -0.1) is 0 Å². The summed E-state index contributed by atoms with van der Waals surface area (Å²) in [4.78, 5) is 10.5. The van der Waals surface area contributed by atoms with Crippen LogP contribution in [0.25, 0.3) is 0 Å². The Morgan fingerprint density at radius 1 is 1.83 bits per heavy atom. The Bertz CT molecular complexity index is 196. The van der Waals surface area contributed by atoms with Crippen LogP contribution in [0, 0.1) is 5.92 Å². The van der Waals surface area contributed by atoms with Gasteiger partial charge in [0, 0.05) is 12.8 Å². The lowest BCUT2D eigenvalue weighted by Gasteiger charge is -2.21. The molecule has 1 atom stereocenters. The van der Waals surface area contributed by atoms with Crippen molar-refractivity contribution in [3.8, 4) is 0 Å². The SMILES string of the molecule is CC(=O)OCC1COCC=C1C. The van der Waals surface area contributed by atoms with Gasteiger partial charge >= 0.3 is 5.97 Å². The summed E-state index contributed by atoms with van der Waals surface area (Å²) in [6.45, 7) is 5.25. The van der Waals surface area contributed by atoms with Crippen LogP contribution < -0.4 is 0 Å². The summed E-state index contributed by atoms with van der Waals surface area (Å²) in [5, 5.41) is 0. The van der Waals surface area contributed by atoms with Gasteiger partial charge in [0.05, 0.1) is 19.8 Å². The van der Waals surface area contributed by atoms with Gasteiger partial charge in [-0.3, -0.25) is 4.79 Å². The standard InChI is InChI=1S/C9H14O3/c1-7-3-4-11-5-9(7)6-12-8(2)10/h3,9H,4-6H2,1-2H3. The molecule has 0 fully saturated rings. The van der Waals surface area contributed by atoms with E-state index in [1.165, 1.54) is 12.5 Å². The molecule has 0 N–H and O–H groups in total. The minimum atomic E-state index is -0.228. The molecule has 3 nitrogen and oxygen atoms in total. The van der Waals surface area contributed by atoms with Gasteiger partial charge in [0.15, 0.2) is 0 Å². The van der Waals surface area contributed by atoms with E-state index >= 15 is 0 Å². The van der Waals surface area contributed by atoms with E-state index in [-0.39, 0.29) is 11.9 Å². The molecule has 1 aliphatic rings. The first-order chi connectivity index (χ1) is 5.70. The van der Waals surface area contributed by atoms with Crippen molar-refractivity contribution in [3.05, 3.63) is 11.6 Å². The molecule has 0 aromatic heterocycles. The van der Waals surface area contributed by atoms with E-state index in [0.29, 0.717) is 19.8 Å². The first kappa shape index (κ1) is 9.26. The minimum absolute atomic E-state index is 0.228. The fourth-order valence-corrected chi connectivity index (χ4v) is 1.10. The van der Waals surface area contributed by atoms with Crippen LogP contribution in [0.1, 0.15) is 13.8 Å². The highest BCUT2D eigenvalue weighted by molar-refractivity contribution is 5.65. The first-order valence-corrected chi connectivity index (χ1v) is 4.08. The van der Waals surface area contributed by atoms with Crippen LogP contribution in [0.5, 0.6) is 0 Å². The minimum Gasteiger partial charge on any atom is -0.465 e. The van der Waals surface area contributed by atoms with Crippen molar-refractivity contribution >= 4 is 5.97 Å². The molecule has 0 aromatic rings. The summed E-state index contributed by atoms with van der Waals surface area (Å²) in [7, 11) is 0. The van der Waals surface area contributed by atoms with Crippen LogP contribution in [-0.2, 0) is 14.3 Å². The predicted octanol–water partition coefficient (Wildman–Crippen LogP) is 1.14. The summed E-state index contributed by atoms with van der Waals surface area (Å²) in [6.07, 6.45) is 2.03. The van der Waals surface area contributed by atoms with Crippen LogP contribution in [0.15, 0.2) is 11.6 Å². The average molecular weight is 170 g/mol. The fraction of sp³-hybridized carbons (Fsp3) is 0.667. The molecular formula is C9H14O3. The third-order valence-electron chi connectivity index (χ3n) is 1.97. The lowest BCUT2D eigenvalue weighted by molar-refractivity contribution is -0.142. The second-order valence-corrected chi connectivity index (χ2v) is 2.99. The van der Waals surface area contributed by atoms with Crippen molar-refractivity contribution < 1.29 is 14.3 Å². The van der Waals surface area contributed by atoms with E-state index in [1.54, 1.807) is 0 Å². The van der Waals surface area contributed by atoms with Gasteiger partial charge < -0.3 is 9.47 Å². The second kappa shape index (κ2) is 4.26. The van der Waals surface area contributed by atoms with Crippen molar-refractivity contribution in [3.63, 3.8) is 0 Å². The molecule has 1 rings (SSSR count). The Morgan fingerprint density at radius 3 is 3.17 bits per heavy atom. The Morgan fingerprint density at radius 2 is 2.58 bits per heavy atom. The number of hydrogen-bond acceptors (Lipinski definition) is 3. The maximum Gasteiger partial charge on any atom is 0.302 e. The van der Waals surface area contributed by atoms with Crippen LogP contribution in [0.4, 0.5) is 0 Å². The average Bonchev–Trinajstić information content (AvgIpc) is 2.03. The zero-order valence-electron chi connectivity index (χ0n) is 7.50. The first-order valence-electron chi connectivity index (χ1n) is 4.08. The predicted molar refractivity (Wildman–Crippen MR) is 44.7 cm³/mol. The van der Waals surface area contributed by atoms with Crippen molar-refractivity contribution in [2.24, 2.45) is 5.92 Å². The smallest absolute Gasteiger partial charge is 0.302 e.